The summed E-state index contributed by atoms with van der Waals surface area (Å²) in [6.07, 6.45) is 4.02. The van der Waals surface area contributed by atoms with E-state index in [1.807, 2.05) is 72.8 Å². The topological polar surface area (TPSA) is 70.8 Å². The van der Waals surface area contributed by atoms with E-state index < -0.39 is 0 Å². The molecule has 0 bridgehead atoms. The van der Waals surface area contributed by atoms with Crippen LogP contribution in [-0.4, -0.2) is 25.5 Å². The third kappa shape index (κ3) is 4.70. The molecule has 5 heteroatoms. The van der Waals surface area contributed by atoms with Crippen LogP contribution in [0, 0.1) is 0 Å². The Morgan fingerprint density at radius 3 is 1.50 bits per heavy atom. The Morgan fingerprint density at radius 2 is 1.03 bits per heavy atom. The molecule has 0 aliphatic heterocycles. The minimum absolute atomic E-state index is 0. The van der Waals surface area contributed by atoms with Crippen LogP contribution in [0.1, 0.15) is 17.5 Å². The summed E-state index contributed by atoms with van der Waals surface area (Å²) >= 11 is 0. The van der Waals surface area contributed by atoms with Crippen molar-refractivity contribution in [3.63, 3.8) is 0 Å². The maximum atomic E-state index is 12.4. The molecule has 0 spiro atoms. The average Bonchev–Trinajstić information content (AvgIpc) is 2.76. The fourth-order valence-electron chi connectivity index (χ4n) is 3.30. The summed E-state index contributed by atoms with van der Waals surface area (Å²) in [5.41, 5.74) is 1.19. The van der Waals surface area contributed by atoms with Gasteiger partial charge in [0, 0.05) is 25.5 Å². The Balaban J connectivity index is 0.00000256. The van der Waals surface area contributed by atoms with Gasteiger partial charge >= 0.3 is 17.1 Å². The molecule has 0 unspecified atom stereocenters. The Bertz CT molecular complexity index is 1120. The fourth-order valence-corrected chi connectivity index (χ4v) is 3.30. The molecule has 153 valence electrons. The molecule has 0 atom stereocenters. The quantitative estimate of drug-likeness (QED) is 0.256. The van der Waals surface area contributed by atoms with E-state index in [9.17, 15) is 10.2 Å². The van der Waals surface area contributed by atoms with Crippen LogP contribution in [0.25, 0.3) is 21.5 Å². The predicted octanol–water partition coefficient (Wildman–Crippen LogP) is 4.07. The van der Waals surface area contributed by atoms with Gasteiger partial charge in [-0.2, -0.15) is 0 Å². The fraction of sp³-hybridized carbons (Fsp3) is 0.120. The number of rotatable bonds is 6. The summed E-state index contributed by atoms with van der Waals surface area (Å²) in [6.45, 7) is 1.15. The van der Waals surface area contributed by atoms with E-state index in [-0.39, 0.29) is 28.6 Å². The molecule has 0 N–H and O–H groups in total. The van der Waals surface area contributed by atoms with Gasteiger partial charge in [0.05, 0.1) is 0 Å². The monoisotopic (exact) mass is 443 g/mol. The molecule has 4 nitrogen and oxygen atoms in total. The zero-order valence-corrected chi connectivity index (χ0v) is 17.2. The molecule has 30 heavy (non-hydrogen) atoms. The van der Waals surface area contributed by atoms with Gasteiger partial charge in [0.1, 0.15) is 0 Å². The number of nitrogens with zero attached hydrogens (tertiary/aromatic N) is 2. The van der Waals surface area contributed by atoms with E-state index in [1.165, 1.54) is 0 Å². The predicted molar refractivity (Wildman–Crippen MR) is 116 cm³/mol. The molecule has 0 aliphatic carbocycles. The molecule has 0 aromatic heterocycles. The van der Waals surface area contributed by atoms with Crippen LogP contribution in [0.15, 0.2) is 82.8 Å². The number of hydrogen-bond donors (Lipinski definition) is 0. The largest absolute Gasteiger partial charge is 2.00 e. The summed E-state index contributed by atoms with van der Waals surface area (Å²) < 4.78 is 0. The molecule has 0 saturated carbocycles. The minimum atomic E-state index is 0. The van der Waals surface area contributed by atoms with Crippen molar-refractivity contribution in [3.8, 4) is 11.5 Å². The second-order valence-electron chi connectivity index (χ2n) is 6.83. The maximum Gasteiger partial charge on any atom is 2.00 e. The molecule has 4 rings (SSSR count). The van der Waals surface area contributed by atoms with Gasteiger partial charge in [0.25, 0.3) is 0 Å². The minimum Gasteiger partial charge on any atom is -0.872 e. The summed E-state index contributed by atoms with van der Waals surface area (Å²) in [7, 11) is 0. The maximum absolute atomic E-state index is 12.4. The Morgan fingerprint density at radius 1 is 0.600 bits per heavy atom. The van der Waals surface area contributed by atoms with Gasteiger partial charge in [-0.05, 0) is 39.1 Å². The third-order valence-electron chi connectivity index (χ3n) is 4.86. The molecule has 4 aromatic rings. The number of aliphatic imine (C=N–C) groups is 2. The third-order valence-corrected chi connectivity index (χ3v) is 4.86. The van der Waals surface area contributed by atoms with Crippen LogP contribution in [0.2, 0.25) is 0 Å². The van der Waals surface area contributed by atoms with Crippen molar-refractivity contribution < 1.29 is 27.3 Å². The first-order chi connectivity index (χ1) is 14.2. The molecular formula is C25H20CuN2O2. The molecule has 0 aliphatic rings. The smallest absolute Gasteiger partial charge is 0.872 e. The molecule has 1 radical (unpaired) electrons. The van der Waals surface area contributed by atoms with Crippen LogP contribution in [0.4, 0.5) is 0 Å². The molecule has 0 saturated heterocycles. The number of fused-ring (bicyclic) bond motifs is 2. The zero-order chi connectivity index (χ0) is 20.1. The molecule has 0 amide bonds. The van der Waals surface area contributed by atoms with E-state index in [0.29, 0.717) is 35.0 Å². The van der Waals surface area contributed by atoms with E-state index in [0.717, 1.165) is 17.2 Å². The average molecular weight is 444 g/mol. The zero-order valence-electron chi connectivity index (χ0n) is 16.2. The van der Waals surface area contributed by atoms with Crippen LogP contribution in [0.5, 0.6) is 11.5 Å². The van der Waals surface area contributed by atoms with E-state index >= 15 is 0 Å². The van der Waals surface area contributed by atoms with Crippen molar-refractivity contribution in [1.82, 2.24) is 0 Å². The second kappa shape index (κ2) is 10.1. The van der Waals surface area contributed by atoms with Crippen LogP contribution in [0.3, 0.4) is 0 Å². The van der Waals surface area contributed by atoms with Crippen molar-refractivity contribution in [2.45, 2.75) is 6.42 Å². The van der Waals surface area contributed by atoms with Crippen molar-refractivity contribution in [1.29, 1.82) is 0 Å². The summed E-state index contributed by atoms with van der Waals surface area (Å²) in [6, 6.07) is 22.6. The van der Waals surface area contributed by atoms with Gasteiger partial charge in [0.2, 0.25) is 0 Å². The Hall–Kier alpha value is -3.14. The van der Waals surface area contributed by atoms with Gasteiger partial charge in [0.15, 0.2) is 0 Å². The second-order valence-corrected chi connectivity index (χ2v) is 6.83. The normalized spacial score (nSPS) is 11.5. The van der Waals surface area contributed by atoms with Gasteiger partial charge in [-0.15, -0.1) is 0 Å². The number of benzene rings is 4. The Labute approximate surface area is 186 Å². The Kier molecular flexibility index (Phi) is 7.23. The van der Waals surface area contributed by atoms with Gasteiger partial charge in [-0.3, -0.25) is 9.98 Å². The molecule has 0 heterocycles. The summed E-state index contributed by atoms with van der Waals surface area (Å²) in [4.78, 5) is 8.70. The molecular weight excluding hydrogens is 424 g/mol. The van der Waals surface area contributed by atoms with Crippen molar-refractivity contribution in [2.24, 2.45) is 9.98 Å². The van der Waals surface area contributed by atoms with E-state index in [1.54, 1.807) is 12.4 Å². The summed E-state index contributed by atoms with van der Waals surface area (Å²) in [5, 5.41) is 28.2. The summed E-state index contributed by atoms with van der Waals surface area (Å²) in [5.74, 6) is 0.00769. The van der Waals surface area contributed by atoms with Gasteiger partial charge in [-0.25, -0.2) is 0 Å². The first-order valence-electron chi connectivity index (χ1n) is 9.61. The van der Waals surface area contributed by atoms with Crippen molar-refractivity contribution in [3.05, 3.63) is 83.9 Å². The SMILES string of the molecule is [Cu+2].[O-]c1c(C=NCCCN=Cc2ccc3ccccc3c2[O-])ccc2ccccc12. The van der Waals surface area contributed by atoms with Gasteiger partial charge < -0.3 is 10.2 Å². The van der Waals surface area contributed by atoms with Crippen LogP contribution >= 0.6 is 0 Å². The molecule has 0 fully saturated rings. The standard InChI is InChI=1S/C25H22N2O2.Cu/c28-24-20(12-10-18-6-1-3-8-22(18)24)16-26-14-5-15-27-17-21-13-11-19-7-2-4-9-23(19)25(21)29;/h1-4,6-13,16-17,28-29H,5,14-15H2;/q;+2/p-2. The first-order valence-corrected chi connectivity index (χ1v) is 9.61. The molecule has 4 aromatic carbocycles. The van der Waals surface area contributed by atoms with Crippen LogP contribution in [-0.2, 0) is 17.1 Å². The van der Waals surface area contributed by atoms with Crippen molar-refractivity contribution in [2.75, 3.05) is 13.1 Å². The first kappa shape index (κ1) is 21.6. The number of hydrogen-bond acceptors (Lipinski definition) is 4. The van der Waals surface area contributed by atoms with E-state index in [4.69, 9.17) is 0 Å². The van der Waals surface area contributed by atoms with Gasteiger partial charge in [-0.1, -0.05) is 84.3 Å². The van der Waals surface area contributed by atoms with Crippen molar-refractivity contribution >= 4 is 34.0 Å². The van der Waals surface area contributed by atoms with Crippen LogP contribution < -0.4 is 10.2 Å². The van der Waals surface area contributed by atoms with E-state index in [2.05, 4.69) is 9.98 Å².